The Kier molecular flexibility index (Phi) is 4.38. The zero-order valence-electron chi connectivity index (χ0n) is 13.7. The van der Waals surface area contributed by atoms with Crippen LogP contribution in [0.3, 0.4) is 0 Å². The number of piperazine rings is 1. The predicted molar refractivity (Wildman–Crippen MR) is 85.2 cm³/mol. The van der Waals surface area contributed by atoms with Gasteiger partial charge in [-0.2, -0.15) is 0 Å². The molecule has 1 aliphatic heterocycles. The number of furan rings is 1. The van der Waals surface area contributed by atoms with Crippen molar-refractivity contribution >= 4 is 0 Å². The fourth-order valence-electron chi connectivity index (χ4n) is 2.98. The summed E-state index contributed by atoms with van der Waals surface area (Å²) in [6.07, 6.45) is 4.67. The van der Waals surface area contributed by atoms with Crippen LogP contribution in [0.1, 0.15) is 44.9 Å². The molecule has 0 atom stereocenters. The Morgan fingerprint density at radius 2 is 1.90 bits per heavy atom. The molecule has 1 aromatic heterocycles. The lowest BCUT2D eigenvalue weighted by Gasteiger charge is -2.34. The molecule has 2 aliphatic rings. The van der Waals surface area contributed by atoms with E-state index in [1.807, 2.05) is 6.26 Å². The first-order chi connectivity index (χ1) is 10.0. The second kappa shape index (κ2) is 6.11. The number of rotatable bonds is 5. The van der Waals surface area contributed by atoms with Gasteiger partial charge < -0.3 is 9.73 Å². The third kappa shape index (κ3) is 4.31. The van der Waals surface area contributed by atoms with Gasteiger partial charge in [0.25, 0.3) is 0 Å². The molecule has 0 bridgehead atoms. The molecular weight excluding hydrogens is 262 g/mol. The normalized spacial score (nSPS) is 21.9. The number of nitrogens with zero attached hydrogens (tertiary/aromatic N) is 2. The summed E-state index contributed by atoms with van der Waals surface area (Å²) < 4.78 is 5.67. The molecule has 2 fully saturated rings. The van der Waals surface area contributed by atoms with E-state index in [1.165, 1.54) is 44.6 Å². The molecule has 1 N–H and O–H groups in total. The topological polar surface area (TPSA) is 31.7 Å². The van der Waals surface area contributed by atoms with Crippen LogP contribution < -0.4 is 5.32 Å². The van der Waals surface area contributed by atoms with Gasteiger partial charge in [-0.3, -0.25) is 9.80 Å². The van der Waals surface area contributed by atoms with E-state index >= 15 is 0 Å². The average Bonchev–Trinajstić information content (AvgIpc) is 3.18. The fraction of sp³-hybridized carbons (Fsp3) is 0.765. The van der Waals surface area contributed by atoms with Crippen LogP contribution in [-0.4, -0.2) is 47.6 Å². The van der Waals surface area contributed by atoms with E-state index in [-0.39, 0.29) is 5.54 Å². The minimum Gasteiger partial charge on any atom is -0.468 e. The Bertz CT molecular complexity index is 451. The Morgan fingerprint density at radius 3 is 2.52 bits per heavy atom. The van der Waals surface area contributed by atoms with Gasteiger partial charge in [-0.25, -0.2) is 0 Å². The van der Waals surface area contributed by atoms with Gasteiger partial charge in [-0.15, -0.1) is 0 Å². The van der Waals surface area contributed by atoms with Crippen LogP contribution in [0.15, 0.2) is 16.7 Å². The maximum atomic E-state index is 5.67. The van der Waals surface area contributed by atoms with Crippen molar-refractivity contribution in [3.63, 3.8) is 0 Å². The van der Waals surface area contributed by atoms with Gasteiger partial charge in [-0.1, -0.05) is 0 Å². The summed E-state index contributed by atoms with van der Waals surface area (Å²) in [4.78, 5) is 5.22. The lowest BCUT2D eigenvalue weighted by atomic mass is 10.1. The van der Waals surface area contributed by atoms with Gasteiger partial charge in [-0.05, 0) is 39.7 Å². The Morgan fingerprint density at radius 1 is 1.19 bits per heavy atom. The highest BCUT2D eigenvalue weighted by atomic mass is 16.3. The summed E-state index contributed by atoms with van der Waals surface area (Å²) in [6, 6.07) is 3.04. The third-order valence-electron chi connectivity index (χ3n) is 4.48. The van der Waals surface area contributed by atoms with Crippen molar-refractivity contribution < 1.29 is 4.42 Å². The zero-order chi connectivity index (χ0) is 14.9. The van der Waals surface area contributed by atoms with Crippen LogP contribution in [0.4, 0.5) is 0 Å². The summed E-state index contributed by atoms with van der Waals surface area (Å²) in [5, 5.41) is 3.51. The minimum atomic E-state index is 0.125. The van der Waals surface area contributed by atoms with Gasteiger partial charge in [0.05, 0.1) is 12.8 Å². The van der Waals surface area contributed by atoms with E-state index in [0.29, 0.717) is 0 Å². The van der Waals surface area contributed by atoms with E-state index in [4.69, 9.17) is 4.42 Å². The van der Waals surface area contributed by atoms with Crippen LogP contribution >= 0.6 is 0 Å². The number of hydrogen-bond acceptors (Lipinski definition) is 4. The maximum absolute atomic E-state index is 5.67. The molecule has 4 nitrogen and oxygen atoms in total. The quantitative estimate of drug-likeness (QED) is 0.903. The van der Waals surface area contributed by atoms with Crippen LogP contribution in [0.5, 0.6) is 0 Å². The second-order valence-electron chi connectivity index (χ2n) is 7.52. The summed E-state index contributed by atoms with van der Waals surface area (Å²) in [6.45, 7) is 13.2. The summed E-state index contributed by atoms with van der Waals surface area (Å²) >= 11 is 0. The number of nitrogens with one attached hydrogen (secondary N) is 1. The van der Waals surface area contributed by atoms with Gasteiger partial charge >= 0.3 is 0 Å². The molecule has 21 heavy (non-hydrogen) atoms. The van der Waals surface area contributed by atoms with Gasteiger partial charge in [0.1, 0.15) is 5.76 Å². The van der Waals surface area contributed by atoms with Crippen LogP contribution in [0.2, 0.25) is 0 Å². The highest BCUT2D eigenvalue weighted by Crippen LogP contribution is 2.27. The van der Waals surface area contributed by atoms with Crippen molar-refractivity contribution in [2.45, 2.75) is 58.3 Å². The molecule has 0 spiro atoms. The standard InChI is InChI=1S/C17H29N3O/c1-17(2,3)18-12-16-14(6-11-21-16)13-19-7-9-20(10-8-19)15-4-5-15/h6,11,15,18H,4-5,7-10,12-13H2,1-3H3. The van der Waals surface area contributed by atoms with Crippen molar-refractivity contribution in [3.8, 4) is 0 Å². The second-order valence-corrected chi connectivity index (χ2v) is 7.52. The molecule has 1 aliphatic carbocycles. The SMILES string of the molecule is CC(C)(C)NCc1occc1CN1CCN(C2CC2)CC1. The Balaban J connectivity index is 1.50. The first-order valence-corrected chi connectivity index (χ1v) is 8.28. The van der Waals surface area contributed by atoms with E-state index in [0.717, 1.165) is 24.9 Å². The molecule has 1 saturated heterocycles. The molecule has 118 valence electrons. The van der Waals surface area contributed by atoms with E-state index in [2.05, 4.69) is 42.0 Å². The summed E-state index contributed by atoms with van der Waals surface area (Å²) in [5.41, 5.74) is 1.46. The molecule has 1 aromatic rings. The fourth-order valence-corrected chi connectivity index (χ4v) is 2.98. The van der Waals surface area contributed by atoms with E-state index in [9.17, 15) is 0 Å². The highest BCUT2D eigenvalue weighted by molar-refractivity contribution is 5.17. The predicted octanol–water partition coefficient (Wildman–Crippen LogP) is 2.45. The highest BCUT2D eigenvalue weighted by Gasteiger charge is 2.31. The molecule has 4 heteroatoms. The molecular formula is C17H29N3O. The van der Waals surface area contributed by atoms with Gasteiger partial charge in [0.2, 0.25) is 0 Å². The minimum absolute atomic E-state index is 0.125. The van der Waals surface area contributed by atoms with Crippen LogP contribution in [0.25, 0.3) is 0 Å². The van der Waals surface area contributed by atoms with Gasteiger partial charge in [0.15, 0.2) is 0 Å². The first-order valence-electron chi connectivity index (χ1n) is 8.28. The summed E-state index contributed by atoms with van der Waals surface area (Å²) in [5.74, 6) is 1.09. The third-order valence-corrected chi connectivity index (χ3v) is 4.48. The number of hydrogen-bond donors (Lipinski definition) is 1. The lowest BCUT2D eigenvalue weighted by molar-refractivity contribution is 0.121. The maximum Gasteiger partial charge on any atom is 0.122 e. The van der Waals surface area contributed by atoms with Crippen molar-refractivity contribution in [1.82, 2.24) is 15.1 Å². The lowest BCUT2D eigenvalue weighted by Crippen LogP contribution is -2.46. The molecule has 1 saturated carbocycles. The van der Waals surface area contributed by atoms with Crippen molar-refractivity contribution in [2.75, 3.05) is 26.2 Å². The van der Waals surface area contributed by atoms with Gasteiger partial charge in [0, 0.05) is 49.9 Å². The molecule has 0 unspecified atom stereocenters. The smallest absolute Gasteiger partial charge is 0.122 e. The summed E-state index contributed by atoms with van der Waals surface area (Å²) in [7, 11) is 0. The Hall–Kier alpha value is -0.840. The zero-order valence-corrected chi connectivity index (χ0v) is 13.7. The Labute approximate surface area is 128 Å². The van der Waals surface area contributed by atoms with E-state index < -0.39 is 0 Å². The molecule has 0 aromatic carbocycles. The van der Waals surface area contributed by atoms with Crippen molar-refractivity contribution in [2.24, 2.45) is 0 Å². The van der Waals surface area contributed by atoms with Crippen LogP contribution in [0, 0.1) is 0 Å². The average molecular weight is 291 g/mol. The van der Waals surface area contributed by atoms with Crippen LogP contribution in [-0.2, 0) is 13.1 Å². The first kappa shape index (κ1) is 15.1. The molecule has 3 rings (SSSR count). The molecule has 0 radical (unpaired) electrons. The largest absolute Gasteiger partial charge is 0.468 e. The van der Waals surface area contributed by atoms with Crippen molar-refractivity contribution in [3.05, 3.63) is 23.7 Å². The van der Waals surface area contributed by atoms with E-state index in [1.54, 1.807) is 0 Å². The van der Waals surface area contributed by atoms with Crippen molar-refractivity contribution in [1.29, 1.82) is 0 Å². The molecule has 2 heterocycles. The monoisotopic (exact) mass is 291 g/mol. The molecule has 0 amide bonds.